The first-order valence-corrected chi connectivity index (χ1v) is 5.19. The van der Waals surface area contributed by atoms with Gasteiger partial charge in [-0.1, -0.05) is 12.5 Å². The second-order valence-electron chi connectivity index (χ2n) is 3.77. The Kier molecular flexibility index (Phi) is 2.99. The van der Waals surface area contributed by atoms with Crippen LogP contribution in [-0.4, -0.2) is 17.1 Å². The fourth-order valence-corrected chi connectivity index (χ4v) is 1.84. The molecular weight excluding hydrogens is 176 g/mol. The normalized spacial score (nSPS) is 27.2. The van der Waals surface area contributed by atoms with Crippen molar-refractivity contribution in [3.8, 4) is 5.88 Å². The Hall–Kier alpha value is -1.09. The van der Waals surface area contributed by atoms with Gasteiger partial charge in [-0.3, -0.25) is 0 Å². The lowest BCUT2D eigenvalue weighted by atomic mass is 9.93. The maximum atomic E-state index is 5.97. The van der Waals surface area contributed by atoms with E-state index in [0.29, 0.717) is 5.88 Å². The Morgan fingerprint density at radius 2 is 2.14 bits per heavy atom. The monoisotopic (exact) mass is 192 g/mol. The highest BCUT2D eigenvalue weighted by atomic mass is 16.5. The first-order valence-electron chi connectivity index (χ1n) is 5.19. The standard InChI is InChI=1S/C11H16N2O/c12-9-5-1-2-6-10(9)14-11-7-3-4-8-13-11/h3-4,7-10H,1-2,5-6,12H2. The summed E-state index contributed by atoms with van der Waals surface area (Å²) in [5.74, 6) is 0.690. The highest BCUT2D eigenvalue weighted by Gasteiger charge is 2.23. The zero-order chi connectivity index (χ0) is 9.80. The molecule has 76 valence electrons. The quantitative estimate of drug-likeness (QED) is 0.776. The van der Waals surface area contributed by atoms with E-state index in [2.05, 4.69) is 4.98 Å². The molecule has 0 aliphatic heterocycles. The second-order valence-corrected chi connectivity index (χ2v) is 3.77. The molecule has 1 saturated carbocycles. The van der Waals surface area contributed by atoms with E-state index >= 15 is 0 Å². The van der Waals surface area contributed by atoms with Crippen LogP contribution >= 0.6 is 0 Å². The molecule has 1 aliphatic rings. The molecule has 1 fully saturated rings. The molecule has 3 nitrogen and oxygen atoms in total. The van der Waals surface area contributed by atoms with Crippen LogP contribution < -0.4 is 10.5 Å². The Labute approximate surface area is 84.3 Å². The van der Waals surface area contributed by atoms with Crippen LogP contribution in [0.15, 0.2) is 24.4 Å². The Bertz CT molecular complexity index is 276. The summed E-state index contributed by atoms with van der Waals surface area (Å²) in [6, 6.07) is 5.86. The minimum absolute atomic E-state index is 0.152. The van der Waals surface area contributed by atoms with Crippen molar-refractivity contribution in [2.24, 2.45) is 5.73 Å². The Morgan fingerprint density at radius 3 is 2.86 bits per heavy atom. The molecule has 2 N–H and O–H groups in total. The third-order valence-electron chi connectivity index (χ3n) is 2.66. The molecule has 2 unspecified atom stereocenters. The molecular formula is C11H16N2O. The van der Waals surface area contributed by atoms with Gasteiger partial charge in [-0.05, 0) is 25.3 Å². The Balaban J connectivity index is 1.96. The molecule has 1 aromatic heterocycles. The molecule has 2 atom stereocenters. The van der Waals surface area contributed by atoms with E-state index in [0.717, 1.165) is 12.8 Å². The average molecular weight is 192 g/mol. The SMILES string of the molecule is NC1CCCCC1Oc1ccccn1. The van der Waals surface area contributed by atoms with Gasteiger partial charge in [-0.15, -0.1) is 0 Å². The molecule has 14 heavy (non-hydrogen) atoms. The predicted octanol–water partition coefficient (Wildman–Crippen LogP) is 1.73. The molecule has 2 rings (SSSR count). The first-order chi connectivity index (χ1) is 6.86. The molecule has 0 bridgehead atoms. The van der Waals surface area contributed by atoms with Crippen molar-refractivity contribution in [3.63, 3.8) is 0 Å². The van der Waals surface area contributed by atoms with Gasteiger partial charge in [-0.2, -0.15) is 0 Å². The number of aromatic nitrogens is 1. The third-order valence-corrected chi connectivity index (χ3v) is 2.66. The molecule has 0 saturated heterocycles. The summed E-state index contributed by atoms with van der Waals surface area (Å²) in [5, 5.41) is 0. The lowest BCUT2D eigenvalue weighted by Gasteiger charge is -2.28. The second kappa shape index (κ2) is 4.42. The van der Waals surface area contributed by atoms with E-state index in [4.69, 9.17) is 10.5 Å². The van der Waals surface area contributed by atoms with E-state index in [9.17, 15) is 0 Å². The van der Waals surface area contributed by atoms with Gasteiger partial charge < -0.3 is 10.5 Å². The largest absolute Gasteiger partial charge is 0.473 e. The topological polar surface area (TPSA) is 48.1 Å². The van der Waals surface area contributed by atoms with E-state index in [1.165, 1.54) is 12.8 Å². The zero-order valence-electron chi connectivity index (χ0n) is 8.23. The van der Waals surface area contributed by atoms with Crippen molar-refractivity contribution in [1.82, 2.24) is 4.98 Å². The number of ether oxygens (including phenoxy) is 1. The van der Waals surface area contributed by atoms with Crippen molar-refractivity contribution >= 4 is 0 Å². The number of nitrogens with zero attached hydrogens (tertiary/aromatic N) is 1. The molecule has 1 aliphatic carbocycles. The molecule has 0 radical (unpaired) electrons. The molecule has 0 aromatic carbocycles. The fourth-order valence-electron chi connectivity index (χ4n) is 1.84. The predicted molar refractivity (Wildman–Crippen MR) is 55.1 cm³/mol. The first kappa shape index (κ1) is 9.46. The van der Waals surface area contributed by atoms with Crippen molar-refractivity contribution < 1.29 is 4.74 Å². The molecule has 1 heterocycles. The minimum Gasteiger partial charge on any atom is -0.473 e. The lowest BCUT2D eigenvalue weighted by Crippen LogP contribution is -2.41. The van der Waals surface area contributed by atoms with Crippen LogP contribution in [0.25, 0.3) is 0 Å². The summed E-state index contributed by atoms with van der Waals surface area (Å²) in [4.78, 5) is 4.13. The molecule has 1 aromatic rings. The van der Waals surface area contributed by atoms with Gasteiger partial charge in [0.05, 0.1) is 0 Å². The Morgan fingerprint density at radius 1 is 1.29 bits per heavy atom. The van der Waals surface area contributed by atoms with Crippen molar-refractivity contribution in [1.29, 1.82) is 0 Å². The van der Waals surface area contributed by atoms with Gasteiger partial charge in [0.25, 0.3) is 0 Å². The van der Waals surface area contributed by atoms with E-state index in [1.54, 1.807) is 6.20 Å². The number of pyridine rings is 1. The van der Waals surface area contributed by atoms with E-state index < -0.39 is 0 Å². The number of hydrogen-bond donors (Lipinski definition) is 1. The van der Waals surface area contributed by atoms with Gasteiger partial charge in [0.2, 0.25) is 5.88 Å². The van der Waals surface area contributed by atoms with E-state index in [-0.39, 0.29) is 12.1 Å². The van der Waals surface area contributed by atoms with Crippen LogP contribution in [0.5, 0.6) is 5.88 Å². The minimum atomic E-state index is 0.152. The summed E-state index contributed by atoms with van der Waals surface area (Å²) in [5.41, 5.74) is 5.97. The van der Waals surface area contributed by atoms with Crippen LogP contribution in [-0.2, 0) is 0 Å². The number of nitrogens with two attached hydrogens (primary N) is 1. The highest BCUT2D eigenvalue weighted by molar-refractivity contribution is 5.10. The van der Waals surface area contributed by atoms with Gasteiger partial charge in [0.15, 0.2) is 0 Å². The molecule has 3 heteroatoms. The van der Waals surface area contributed by atoms with Gasteiger partial charge >= 0.3 is 0 Å². The average Bonchev–Trinajstić information content (AvgIpc) is 2.23. The van der Waals surface area contributed by atoms with Gasteiger partial charge in [0.1, 0.15) is 6.10 Å². The maximum Gasteiger partial charge on any atom is 0.213 e. The number of rotatable bonds is 2. The van der Waals surface area contributed by atoms with Crippen molar-refractivity contribution in [2.75, 3.05) is 0 Å². The summed E-state index contributed by atoms with van der Waals surface area (Å²) in [6.07, 6.45) is 6.45. The van der Waals surface area contributed by atoms with Crippen molar-refractivity contribution in [2.45, 2.75) is 37.8 Å². The molecule has 0 spiro atoms. The van der Waals surface area contributed by atoms with Crippen LogP contribution in [0.4, 0.5) is 0 Å². The summed E-state index contributed by atoms with van der Waals surface area (Å²) in [7, 11) is 0. The molecule has 0 amide bonds. The third kappa shape index (κ3) is 2.23. The van der Waals surface area contributed by atoms with Crippen molar-refractivity contribution in [3.05, 3.63) is 24.4 Å². The fraction of sp³-hybridized carbons (Fsp3) is 0.545. The zero-order valence-corrected chi connectivity index (χ0v) is 8.23. The van der Waals surface area contributed by atoms with Crippen LogP contribution in [0.3, 0.4) is 0 Å². The van der Waals surface area contributed by atoms with Gasteiger partial charge in [-0.25, -0.2) is 4.98 Å². The van der Waals surface area contributed by atoms with Gasteiger partial charge in [0, 0.05) is 18.3 Å². The van der Waals surface area contributed by atoms with E-state index in [1.807, 2.05) is 18.2 Å². The summed E-state index contributed by atoms with van der Waals surface area (Å²) in [6.45, 7) is 0. The van der Waals surface area contributed by atoms with Crippen LogP contribution in [0, 0.1) is 0 Å². The lowest BCUT2D eigenvalue weighted by molar-refractivity contribution is 0.127. The smallest absolute Gasteiger partial charge is 0.213 e. The summed E-state index contributed by atoms with van der Waals surface area (Å²) < 4.78 is 5.73. The maximum absolute atomic E-state index is 5.97. The summed E-state index contributed by atoms with van der Waals surface area (Å²) >= 11 is 0. The van der Waals surface area contributed by atoms with Crippen LogP contribution in [0.1, 0.15) is 25.7 Å². The van der Waals surface area contributed by atoms with Crippen LogP contribution in [0.2, 0.25) is 0 Å². The highest BCUT2D eigenvalue weighted by Crippen LogP contribution is 2.21. The number of hydrogen-bond acceptors (Lipinski definition) is 3.